The van der Waals surface area contributed by atoms with Gasteiger partial charge in [0.2, 0.25) is 10.0 Å². The third-order valence-electron chi connectivity index (χ3n) is 6.24. The van der Waals surface area contributed by atoms with Crippen molar-refractivity contribution in [2.75, 3.05) is 13.2 Å². The Morgan fingerprint density at radius 2 is 1.75 bits per heavy atom. The molecule has 1 unspecified atom stereocenters. The minimum absolute atomic E-state index is 0. The summed E-state index contributed by atoms with van der Waals surface area (Å²) >= 11 is 0. The number of halogens is 1. The maximum absolute atomic E-state index is 13.9. The summed E-state index contributed by atoms with van der Waals surface area (Å²) in [6.45, 7) is 5.00. The van der Waals surface area contributed by atoms with Crippen LogP contribution in [0.25, 0.3) is 0 Å². The molecule has 2 aromatic rings. The number of sulfonamides is 1. The molecule has 1 heterocycles. The highest BCUT2D eigenvalue weighted by molar-refractivity contribution is 7.89. The van der Waals surface area contributed by atoms with Crippen LogP contribution in [-0.2, 0) is 26.1 Å². The van der Waals surface area contributed by atoms with Crippen molar-refractivity contribution < 1.29 is 27.9 Å². The van der Waals surface area contributed by atoms with Crippen LogP contribution in [0.15, 0.2) is 53.7 Å². The van der Waals surface area contributed by atoms with E-state index >= 15 is 0 Å². The number of pyridine rings is 1. The van der Waals surface area contributed by atoms with Crippen molar-refractivity contribution in [2.24, 2.45) is 5.92 Å². The van der Waals surface area contributed by atoms with Gasteiger partial charge in [-0.05, 0) is 86.9 Å². The average Bonchev–Trinajstić information content (AvgIpc) is 2.88. The number of hydrogen-bond acceptors (Lipinski definition) is 7. The van der Waals surface area contributed by atoms with Crippen molar-refractivity contribution >= 4 is 28.3 Å². The monoisotopic (exact) mass is 541 g/mol. The van der Waals surface area contributed by atoms with E-state index in [-0.39, 0.29) is 35.9 Å². The van der Waals surface area contributed by atoms with Crippen LogP contribution in [0.4, 0.5) is 0 Å². The number of nitrogens with zero attached hydrogens (tertiary/aromatic N) is 2. The van der Waals surface area contributed by atoms with Gasteiger partial charge in [-0.1, -0.05) is 6.92 Å². The SMILES string of the molecule is CCCOC1CCC(C(C(=O)NO)N(Cc2ccncc2)S(=O)(=O)c2ccc(OCC)cc2)CC1.Cl. The van der Waals surface area contributed by atoms with Crippen LogP contribution in [-0.4, -0.2) is 54.2 Å². The van der Waals surface area contributed by atoms with Crippen molar-refractivity contribution in [3.8, 4) is 5.75 Å². The van der Waals surface area contributed by atoms with E-state index in [0.29, 0.717) is 37.4 Å². The first-order valence-electron chi connectivity index (χ1n) is 12.1. The molecule has 3 rings (SSSR count). The summed E-state index contributed by atoms with van der Waals surface area (Å²) in [5.41, 5.74) is 2.40. The van der Waals surface area contributed by atoms with Crippen molar-refractivity contribution in [2.45, 2.75) is 69.5 Å². The second kappa shape index (κ2) is 14.5. The van der Waals surface area contributed by atoms with Gasteiger partial charge >= 0.3 is 0 Å². The molecule has 0 aliphatic heterocycles. The van der Waals surface area contributed by atoms with Gasteiger partial charge in [0.05, 0.1) is 17.6 Å². The molecule has 0 saturated heterocycles. The fourth-order valence-electron chi connectivity index (χ4n) is 4.51. The Hall–Kier alpha value is -2.24. The molecular formula is C25H36ClN3O6S. The average molecular weight is 542 g/mol. The number of amides is 1. The van der Waals surface area contributed by atoms with Gasteiger partial charge < -0.3 is 9.47 Å². The second-order valence-corrected chi connectivity index (χ2v) is 10.5. The van der Waals surface area contributed by atoms with Gasteiger partial charge in [-0.15, -0.1) is 12.4 Å². The minimum atomic E-state index is -4.11. The van der Waals surface area contributed by atoms with Gasteiger partial charge in [-0.2, -0.15) is 4.31 Å². The number of aromatic nitrogens is 1. The zero-order valence-corrected chi connectivity index (χ0v) is 22.3. The standard InChI is InChI=1S/C25H35N3O6S.ClH/c1-3-17-34-22-7-5-20(6-8-22)24(25(29)27-30)28(18-19-13-15-26-16-14-19)35(31,32)23-11-9-21(10-12-23)33-4-2;/h9-16,20,22,24,30H,3-8,17-18H2,1-2H3,(H,27,29);1H. The van der Waals surface area contributed by atoms with E-state index in [9.17, 15) is 18.4 Å². The number of hydrogen-bond donors (Lipinski definition) is 2. The molecule has 1 fully saturated rings. The maximum Gasteiger partial charge on any atom is 0.262 e. The van der Waals surface area contributed by atoms with Gasteiger partial charge in [0, 0.05) is 25.5 Å². The first-order valence-corrected chi connectivity index (χ1v) is 13.5. The highest BCUT2D eigenvalue weighted by atomic mass is 35.5. The third kappa shape index (κ3) is 7.63. The molecule has 1 saturated carbocycles. The van der Waals surface area contributed by atoms with Gasteiger partial charge in [0.15, 0.2) is 0 Å². The Morgan fingerprint density at radius 1 is 1.11 bits per heavy atom. The number of carbonyl (C=O) groups is 1. The first-order chi connectivity index (χ1) is 16.9. The Balaban J connectivity index is 0.00000456. The highest BCUT2D eigenvalue weighted by Crippen LogP contribution is 2.34. The number of carbonyl (C=O) groups excluding carboxylic acids is 1. The number of benzene rings is 1. The van der Waals surface area contributed by atoms with E-state index in [2.05, 4.69) is 11.9 Å². The van der Waals surface area contributed by atoms with E-state index in [1.807, 2.05) is 6.92 Å². The third-order valence-corrected chi connectivity index (χ3v) is 8.08. The van der Waals surface area contributed by atoms with Crippen LogP contribution in [0, 0.1) is 5.92 Å². The summed E-state index contributed by atoms with van der Waals surface area (Å²) < 4.78 is 40.3. The molecule has 1 aliphatic carbocycles. The maximum atomic E-state index is 13.9. The van der Waals surface area contributed by atoms with Crippen LogP contribution in [0.1, 0.15) is 51.5 Å². The Kier molecular flexibility index (Phi) is 12.1. The van der Waals surface area contributed by atoms with Crippen LogP contribution in [0.5, 0.6) is 5.75 Å². The molecule has 36 heavy (non-hydrogen) atoms. The van der Waals surface area contributed by atoms with Gasteiger partial charge in [-0.25, -0.2) is 13.9 Å². The van der Waals surface area contributed by atoms with E-state index in [1.165, 1.54) is 16.4 Å². The second-order valence-electron chi connectivity index (χ2n) is 8.64. The Labute approximate surface area is 219 Å². The predicted molar refractivity (Wildman–Crippen MR) is 138 cm³/mol. The van der Waals surface area contributed by atoms with Crippen molar-refractivity contribution in [1.82, 2.24) is 14.8 Å². The molecule has 0 spiro atoms. The predicted octanol–water partition coefficient (Wildman–Crippen LogP) is 3.95. The number of ether oxygens (including phenoxy) is 2. The lowest BCUT2D eigenvalue weighted by Gasteiger charge is -2.38. The van der Waals surface area contributed by atoms with E-state index in [0.717, 1.165) is 19.3 Å². The number of hydroxylamine groups is 1. The number of nitrogens with one attached hydrogen (secondary N) is 1. The zero-order chi connectivity index (χ0) is 25.3. The molecule has 1 aromatic carbocycles. The molecule has 0 bridgehead atoms. The summed E-state index contributed by atoms with van der Waals surface area (Å²) in [5, 5.41) is 9.58. The normalized spacial score (nSPS) is 18.8. The number of rotatable bonds is 12. The molecule has 1 aliphatic rings. The molecule has 11 heteroatoms. The summed E-state index contributed by atoms with van der Waals surface area (Å²) in [5.74, 6) is -0.461. The molecule has 200 valence electrons. The first kappa shape index (κ1) is 30.0. The topological polar surface area (TPSA) is 118 Å². The smallest absolute Gasteiger partial charge is 0.262 e. The van der Waals surface area contributed by atoms with E-state index in [4.69, 9.17) is 9.47 Å². The zero-order valence-electron chi connectivity index (χ0n) is 20.7. The quantitative estimate of drug-likeness (QED) is 0.308. The van der Waals surface area contributed by atoms with Crippen LogP contribution in [0.3, 0.4) is 0 Å². The minimum Gasteiger partial charge on any atom is -0.494 e. The molecule has 2 N–H and O–H groups in total. The lowest BCUT2D eigenvalue weighted by Crippen LogP contribution is -2.53. The van der Waals surface area contributed by atoms with Crippen LogP contribution < -0.4 is 10.2 Å². The molecule has 1 atom stereocenters. The lowest BCUT2D eigenvalue weighted by atomic mass is 9.82. The van der Waals surface area contributed by atoms with E-state index < -0.39 is 22.0 Å². The van der Waals surface area contributed by atoms with Crippen LogP contribution in [0.2, 0.25) is 0 Å². The Morgan fingerprint density at radius 3 is 2.31 bits per heavy atom. The van der Waals surface area contributed by atoms with Crippen molar-refractivity contribution in [3.05, 3.63) is 54.4 Å². The summed E-state index contributed by atoms with van der Waals surface area (Å²) in [6.07, 6.45) is 6.85. The summed E-state index contributed by atoms with van der Waals surface area (Å²) in [7, 11) is -4.11. The Bertz CT molecular complexity index is 1030. The van der Waals surface area contributed by atoms with Crippen molar-refractivity contribution in [3.63, 3.8) is 0 Å². The highest BCUT2D eigenvalue weighted by Gasteiger charge is 2.42. The summed E-state index contributed by atoms with van der Waals surface area (Å²) in [4.78, 5) is 17.0. The molecule has 1 aromatic heterocycles. The van der Waals surface area contributed by atoms with Gasteiger partial charge in [0.25, 0.3) is 5.91 Å². The molecule has 0 radical (unpaired) electrons. The lowest BCUT2D eigenvalue weighted by molar-refractivity contribution is -0.136. The van der Waals surface area contributed by atoms with Gasteiger partial charge in [0.1, 0.15) is 11.8 Å². The van der Waals surface area contributed by atoms with Crippen molar-refractivity contribution in [1.29, 1.82) is 0 Å². The fourth-order valence-corrected chi connectivity index (χ4v) is 6.15. The van der Waals surface area contributed by atoms with E-state index in [1.54, 1.807) is 42.1 Å². The largest absolute Gasteiger partial charge is 0.494 e. The van der Waals surface area contributed by atoms with Crippen LogP contribution >= 0.6 is 12.4 Å². The molecule has 9 nitrogen and oxygen atoms in total. The molecule has 1 amide bonds. The van der Waals surface area contributed by atoms with Gasteiger partial charge in [-0.3, -0.25) is 15.0 Å². The fraction of sp³-hybridized carbons (Fsp3) is 0.520. The summed E-state index contributed by atoms with van der Waals surface area (Å²) in [6, 6.07) is 8.48. The molecular weight excluding hydrogens is 506 g/mol.